The molecule has 0 aromatic rings. The summed E-state index contributed by atoms with van der Waals surface area (Å²) in [6.45, 7) is 6.68. The van der Waals surface area contributed by atoms with E-state index in [1.807, 2.05) is 0 Å². The van der Waals surface area contributed by atoms with Crippen LogP contribution in [0.1, 0.15) is 13.8 Å². The lowest BCUT2D eigenvalue weighted by molar-refractivity contribution is -0.130. The highest BCUT2D eigenvalue weighted by molar-refractivity contribution is 7.49. The molecule has 0 saturated carbocycles. The maximum absolute atomic E-state index is 11.4. The van der Waals surface area contributed by atoms with Gasteiger partial charge in [-0.3, -0.25) is 9.05 Å². The molecule has 0 saturated heterocycles. The highest BCUT2D eigenvalue weighted by Crippen LogP contribution is 2.49. The normalized spacial score (nSPS) is 10.9. The van der Waals surface area contributed by atoms with E-state index in [1.165, 1.54) is 0 Å². The van der Waals surface area contributed by atoms with Crippen LogP contribution in [0.4, 0.5) is 0 Å². The molecule has 0 unspecified atom stereocenters. The number of carbonyl (C=O) groups is 1. The molecular weight excluding hydrogens is 195 g/mol. The summed E-state index contributed by atoms with van der Waals surface area (Å²) in [5, 5.41) is 0. The zero-order valence-corrected chi connectivity index (χ0v) is 8.58. The molecule has 0 atom stereocenters. The Morgan fingerprint density at radius 1 is 1.38 bits per heavy atom. The van der Waals surface area contributed by atoms with E-state index in [2.05, 4.69) is 20.2 Å². The third-order valence-electron chi connectivity index (χ3n) is 0.943. The Morgan fingerprint density at radius 2 is 1.85 bits per heavy atom. The van der Waals surface area contributed by atoms with Crippen LogP contribution in [-0.2, 0) is 22.9 Å². The Morgan fingerprint density at radius 3 is 2.15 bits per heavy atom. The highest BCUT2D eigenvalue weighted by atomic mass is 31.2. The largest absolute Gasteiger partial charge is 0.532 e. The molecule has 5 nitrogen and oxygen atoms in total. The van der Waals surface area contributed by atoms with Crippen molar-refractivity contribution in [3.63, 3.8) is 0 Å². The van der Waals surface area contributed by atoms with Gasteiger partial charge >= 0.3 is 13.8 Å². The van der Waals surface area contributed by atoms with Gasteiger partial charge < -0.3 is 4.52 Å². The Balaban J connectivity index is 4.31. The summed E-state index contributed by atoms with van der Waals surface area (Å²) in [4.78, 5) is 10.7. The molecule has 0 amide bonds. The number of hydrogen-bond donors (Lipinski definition) is 0. The Hall–Kier alpha value is -0.640. The van der Waals surface area contributed by atoms with Crippen molar-refractivity contribution in [2.75, 3.05) is 13.2 Å². The quantitative estimate of drug-likeness (QED) is 0.492. The van der Waals surface area contributed by atoms with E-state index in [4.69, 9.17) is 0 Å². The van der Waals surface area contributed by atoms with Gasteiger partial charge in [0.1, 0.15) is 0 Å². The standard InChI is InChI=1S/C7H13O5P/c1-4-7(8)12-13(9,10-5-2)11-6-3/h4H,1,5-6H2,2-3H3. The van der Waals surface area contributed by atoms with Crippen LogP contribution < -0.4 is 0 Å². The first-order valence-electron chi connectivity index (χ1n) is 3.83. The molecule has 0 aliphatic carbocycles. The van der Waals surface area contributed by atoms with E-state index in [0.717, 1.165) is 6.08 Å². The van der Waals surface area contributed by atoms with E-state index >= 15 is 0 Å². The van der Waals surface area contributed by atoms with Crippen molar-refractivity contribution in [2.24, 2.45) is 0 Å². The minimum absolute atomic E-state index is 0.141. The van der Waals surface area contributed by atoms with Gasteiger partial charge in [-0.05, 0) is 13.8 Å². The Kier molecular flexibility index (Phi) is 5.62. The van der Waals surface area contributed by atoms with Gasteiger partial charge in [0.05, 0.1) is 13.2 Å². The summed E-state index contributed by atoms with van der Waals surface area (Å²) in [6, 6.07) is 0. The van der Waals surface area contributed by atoms with Crippen molar-refractivity contribution < 1.29 is 22.9 Å². The minimum Gasteiger partial charge on any atom is -0.367 e. The molecule has 0 spiro atoms. The van der Waals surface area contributed by atoms with Crippen LogP contribution in [0.25, 0.3) is 0 Å². The zero-order chi connectivity index (χ0) is 10.3. The van der Waals surface area contributed by atoms with Gasteiger partial charge in [-0.2, -0.15) is 0 Å². The summed E-state index contributed by atoms with van der Waals surface area (Å²) >= 11 is 0. The lowest BCUT2D eigenvalue weighted by Gasteiger charge is -2.14. The second-order valence-corrected chi connectivity index (χ2v) is 3.49. The predicted molar refractivity (Wildman–Crippen MR) is 47.1 cm³/mol. The Bertz CT molecular complexity index is 215. The SMILES string of the molecule is C=CC(=O)OP(=O)(OCC)OCC. The van der Waals surface area contributed by atoms with Crippen molar-refractivity contribution in [3.8, 4) is 0 Å². The lowest BCUT2D eigenvalue weighted by atomic mass is 10.7. The molecule has 0 radical (unpaired) electrons. The van der Waals surface area contributed by atoms with Crippen molar-refractivity contribution >= 4 is 13.8 Å². The Labute approximate surface area is 77.3 Å². The van der Waals surface area contributed by atoms with Gasteiger partial charge in [0.25, 0.3) is 0 Å². The number of phosphoric ester groups is 1. The van der Waals surface area contributed by atoms with E-state index in [1.54, 1.807) is 13.8 Å². The molecule has 0 aromatic heterocycles. The summed E-state index contributed by atoms with van der Waals surface area (Å²) in [5.74, 6) is -0.828. The molecule has 0 bridgehead atoms. The first-order chi connectivity index (χ1) is 6.08. The second-order valence-electron chi connectivity index (χ2n) is 1.90. The monoisotopic (exact) mass is 208 g/mol. The van der Waals surface area contributed by atoms with Gasteiger partial charge in [-0.15, -0.1) is 0 Å². The van der Waals surface area contributed by atoms with Crippen molar-refractivity contribution in [3.05, 3.63) is 12.7 Å². The van der Waals surface area contributed by atoms with E-state index in [9.17, 15) is 9.36 Å². The molecule has 0 N–H and O–H groups in total. The topological polar surface area (TPSA) is 61.8 Å². The van der Waals surface area contributed by atoms with Crippen molar-refractivity contribution in [1.29, 1.82) is 0 Å². The predicted octanol–water partition coefficient (Wildman–Crippen LogP) is 1.90. The van der Waals surface area contributed by atoms with E-state index in [-0.39, 0.29) is 13.2 Å². The van der Waals surface area contributed by atoms with Crippen molar-refractivity contribution in [2.45, 2.75) is 13.8 Å². The highest BCUT2D eigenvalue weighted by Gasteiger charge is 2.28. The van der Waals surface area contributed by atoms with Crippen LogP contribution in [0.5, 0.6) is 0 Å². The molecule has 0 aliphatic heterocycles. The van der Waals surface area contributed by atoms with Gasteiger partial charge in [0.2, 0.25) is 0 Å². The summed E-state index contributed by atoms with van der Waals surface area (Å²) in [5.41, 5.74) is 0. The maximum atomic E-state index is 11.4. The first-order valence-corrected chi connectivity index (χ1v) is 5.29. The molecule has 6 heteroatoms. The summed E-state index contributed by atoms with van der Waals surface area (Å²) in [7, 11) is -3.71. The lowest BCUT2D eigenvalue weighted by Crippen LogP contribution is -2.04. The fourth-order valence-electron chi connectivity index (χ4n) is 0.554. The molecule has 13 heavy (non-hydrogen) atoms. The van der Waals surface area contributed by atoms with Crippen LogP contribution in [0.3, 0.4) is 0 Å². The van der Waals surface area contributed by atoms with E-state index in [0.29, 0.717) is 0 Å². The van der Waals surface area contributed by atoms with Gasteiger partial charge in [-0.25, -0.2) is 9.36 Å². The van der Waals surface area contributed by atoms with Crippen LogP contribution in [0.2, 0.25) is 0 Å². The van der Waals surface area contributed by atoms with Gasteiger partial charge in [0.15, 0.2) is 0 Å². The van der Waals surface area contributed by atoms with Crippen LogP contribution in [0, 0.1) is 0 Å². The van der Waals surface area contributed by atoms with Crippen molar-refractivity contribution in [1.82, 2.24) is 0 Å². The third kappa shape index (κ3) is 4.83. The molecule has 0 rings (SSSR count). The fraction of sp³-hybridized carbons (Fsp3) is 0.571. The molecule has 0 heterocycles. The summed E-state index contributed by atoms with van der Waals surface area (Å²) in [6.07, 6.45) is 0.894. The van der Waals surface area contributed by atoms with Crippen LogP contribution in [-0.4, -0.2) is 19.2 Å². The number of carbonyl (C=O) groups excluding carboxylic acids is 1. The smallest absolute Gasteiger partial charge is 0.367 e. The average Bonchev–Trinajstić information content (AvgIpc) is 2.04. The number of hydrogen-bond acceptors (Lipinski definition) is 5. The third-order valence-corrected chi connectivity index (χ3v) is 2.50. The van der Waals surface area contributed by atoms with Gasteiger partial charge in [0, 0.05) is 6.08 Å². The zero-order valence-electron chi connectivity index (χ0n) is 7.69. The minimum atomic E-state index is -3.71. The molecule has 0 aliphatic rings. The maximum Gasteiger partial charge on any atom is 0.532 e. The molecule has 0 aromatic carbocycles. The molecular formula is C7H13O5P. The fourth-order valence-corrected chi connectivity index (χ4v) is 1.66. The van der Waals surface area contributed by atoms with E-state index < -0.39 is 13.8 Å². The van der Waals surface area contributed by atoms with Crippen LogP contribution in [0.15, 0.2) is 12.7 Å². The summed E-state index contributed by atoms with van der Waals surface area (Å²) < 4.78 is 25.2. The van der Waals surface area contributed by atoms with Gasteiger partial charge in [-0.1, -0.05) is 6.58 Å². The first kappa shape index (κ1) is 12.4. The van der Waals surface area contributed by atoms with Crippen LogP contribution >= 0.6 is 7.82 Å². The second kappa shape index (κ2) is 5.91. The average molecular weight is 208 g/mol. The molecule has 76 valence electrons. The number of rotatable bonds is 6. The number of phosphoric acid groups is 1. The molecule has 0 fully saturated rings.